The fraction of sp³-hybridized carbons (Fsp3) is 0.0741. The van der Waals surface area contributed by atoms with Crippen molar-refractivity contribution in [2.45, 2.75) is 26.2 Å². The van der Waals surface area contributed by atoms with E-state index in [1.807, 2.05) is 11.3 Å². The van der Waals surface area contributed by atoms with Gasteiger partial charge in [0.05, 0.1) is 22.1 Å². The number of rotatable bonds is 4. The van der Waals surface area contributed by atoms with Crippen molar-refractivity contribution in [3.8, 4) is 16.8 Å². The molecule has 2 aliphatic heterocycles. The van der Waals surface area contributed by atoms with Gasteiger partial charge in [-0.15, -0.1) is 11.3 Å². The minimum Gasteiger partial charge on any atom is -0.455 e. The molecule has 6 heteroatoms. The number of para-hydroxylation sites is 5. The number of benzene rings is 8. The Kier molecular flexibility index (Phi) is 6.93. The average molecular weight is 788 g/mol. The molecule has 8 aromatic carbocycles. The van der Waals surface area contributed by atoms with Crippen molar-refractivity contribution >= 4 is 111 Å². The van der Waals surface area contributed by atoms with Gasteiger partial charge < -0.3 is 18.7 Å². The molecule has 0 spiro atoms. The number of anilines is 5. The number of hydrogen-bond acceptors (Lipinski definition) is 4. The quantitative estimate of drug-likeness (QED) is 0.166. The van der Waals surface area contributed by atoms with Gasteiger partial charge in [0.25, 0.3) is 0 Å². The molecular weight excluding hydrogens is 749 g/mol. The lowest BCUT2D eigenvalue weighted by Crippen LogP contribution is -2.59. The summed E-state index contributed by atoms with van der Waals surface area (Å²) in [4.78, 5) is 5.02. The van der Waals surface area contributed by atoms with Crippen LogP contribution in [0.3, 0.4) is 0 Å². The van der Waals surface area contributed by atoms with E-state index < -0.39 is 0 Å². The first-order valence-corrected chi connectivity index (χ1v) is 21.6. The fourth-order valence-electron chi connectivity index (χ4n) is 10.3. The first-order chi connectivity index (χ1) is 29.4. The van der Waals surface area contributed by atoms with Crippen LogP contribution in [0, 0.1) is 0 Å². The van der Waals surface area contributed by atoms with Crippen LogP contribution >= 0.6 is 11.3 Å². The lowest BCUT2D eigenvalue weighted by Gasteiger charge is -2.41. The third-order valence-electron chi connectivity index (χ3n) is 12.9. The smallest absolute Gasteiger partial charge is 0.343 e. The number of nitrogens with zero attached hydrogens (tertiary/aromatic N) is 3. The van der Waals surface area contributed by atoms with Crippen LogP contribution in [0.2, 0.25) is 0 Å². The van der Waals surface area contributed by atoms with Gasteiger partial charge in [-0.25, -0.2) is 0 Å². The van der Waals surface area contributed by atoms with Gasteiger partial charge in [-0.2, -0.15) is 0 Å². The van der Waals surface area contributed by atoms with Gasteiger partial charge >= 0.3 is 6.85 Å². The Hall–Kier alpha value is -7.02. The number of thiophene rings is 1. The third-order valence-corrected chi connectivity index (χ3v) is 14.1. The maximum Gasteiger partial charge on any atom is 0.343 e. The zero-order valence-corrected chi connectivity index (χ0v) is 34.3. The molecule has 0 N–H and O–H groups in total. The van der Waals surface area contributed by atoms with Gasteiger partial charge in [-0.3, -0.25) is 0 Å². The number of aromatic nitrogens is 1. The molecule has 3 aromatic heterocycles. The van der Waals surface area contributed by atoms with Crippen LogP contribution in [0.25, 0.3) is 70.6 Å². The molecule has 0 saturated carbocycles. The Morgan fingerprint density at radius 2 is 1.27 bits per heavy atom. The van der Waals surface area contributed by atoms with E-state index in [4.69, 9.17) is 4.42 Å². The fourth-order valence-corrected chi connectivity index (χ4v) is 11.5. The monoisotopic (exact) mass is 787 g/mol. The predicted octanol–water partition coefficient (Wildman–Crippen LogP) is 13.9. The van der Waals surface area contributed by atoms with E-state index in [1.165, 1.54) is 75.6 Å². The van der Waals surface area contributed by atoms with Crippen LogP contribution in [0.5, 0.6) is 0 Å². The summed E-state index contributed by atoms with van der Waals surface area (Å²) >= 11 is 1.95. The van der Waals surface area contributed by atoms with Gasteiger partial charge in [0.2, 0.25) is 0 Å². The molecule has 60 heavy (non-hydrogen) atoms. The minimum atomic E-state index is -0.116. The molecule has 0 atom stereocenters. The van der Waals surface area contributed by atoms with Gasteiger partial charge in [-0.05, 0) is 94.8 Å². The topological polar surface area (TPSA) is 24.6 Å². The van der Waals surface area contributed by atoms with E-state index in [-0.39, 0.29) is 12.3 Å². The largest absolute Gasteiger partial charge is 0.455 e. The third kappa shape index (κ3) is 4.57. The molecule has 0 unspecified atom stereocenters. The maximum absolute atomic E-state index is 7.10. The second-order valence-electron chi connectivity index (χ2n) is 17.3. The highest BCUT2D eigenvalue weighted by Gasteiger charge is 2.47. The van der Waals surface area contributed by atoms with Gasteiger partial charge in [0, 0.05) is 65.0 Å². The van der Waals surface area contributed by atoms with Crippen molar-refractivity contribution in [1.29, 1.82) is 0 Å². The van der Waals surface area contributed by atoms with Crippen LogP contribution < -0.4 is 20.0 Å². The predicted molar refractivity (Wildman–Crippen MR) is 256 cm³/mol. The molecule has 2 aliphatic rings. The van der Waals surface area contributed by atoms with E-state index in [2.05, 4.69) is 211 Å². The maximum atomic E-state index is 7.10. The average Bonchev–Trinajstić information content (AvgIpc) is 3.96. The summed E-state index contributed by atoms with van der Waals surface area (Å²) in [5.74, 6) is 0. The number of furan rings is 1. The lowest BCUT2D eigenvalue weighted by molar-refractivity contribution is 0.591. The van der Waals surface area contributed by atoms with Crippen molar-refractivity contribution < 1.29 is 4.42 Å². The molecule has 0 saturated heterocycles. The molecule has 0 bridgehead atoms. The van der Waals surface area contributed by atoms with Crippen LogP contribution in [0.15, 0.2) is 180 Å². The molecule has 284 valence electrons. The molecule has 0 amide bonds. The highest BCUT2D eigenvalue weighted by Crippen LogP contribution is 2.53. The Labute approximate surface area is 352 Å². The molecule has 0 fully saturated rings. The second kappa shape index (κ2) is 12.3. The van der Waals surface area contributed by atoms with E-state index >= 15 is 0 Å². The molecular formula is C54H38BN3OS. The van der Waals surface area contributed by atoms with E-state index in [1.54, 1.807) is 0 Å². The molecule has 4 nitrogen and oxygen atoms in total. The summed E-state index contributed by atoms with van der Waals surface area (Å²) in [7, 11) is 0. The highest BCUT2D eigenvalue weighted by atomic mass is 32.1. The molecule has 13 rings (SSSR count). The second-order valence-corrected chi connectivity index (χ2v) is 18.3. The first kappa shape index (κ1) is 33.9. The Morgan fingerprint density at radius 1 is 0.600 bits per heavy atom. The van der Waals surface area contributed by atoms with Crippen molar-refractivity contribution in [1.82, 2.24) is 4.57 Å². The van der Waals surface area contributed by atoms with Crippen molar-refractivity contribution in [3.05, 3.63) is 181 Å². The van der Waals surface area contributed by atoms with Crippen LogP contribution in [0.4, 0.5) is 28.4 Å². The Bertz CT molecular complexity index is 3500. The molecule has 5 heterocycles. The van der Waals surface area contributed by atoms with Gasteiger partial charge in [0.1, 0.15) is 11.2 Å². The zero-order chi connectivity index (χ0) is 39.9. The van der Waals surface area contributed by atoms with Crippen LogP contribution in [-0.4, -0.2) is 11.4 Å². The Morgan fingerprint density at radius 3 is 2.00 bits per heavy atom. The summed E-state index contributed by atoms with van der Waals surface area (Å²) < 4.78 is 12.4. The zero-order valence-electron chi connectivity index (χ0n) is 33.5. The normalized spacial score (nSPS) is 13.2. The van der Waals surface area contributed by atoms with E-state index in [0.717, 1.165) is 39.3 Å². The summed E-state index contributed by atoms with van der Waals surface area (Å²) in [6.45, 7) is 6.83. The van der Waals surface area contributed by atoms with Gasteiger partial charge in [0.15, 0.2) is 0 Å². The van der Waals surface area contributed by atoms with Crippen molar-refractivity contribution in [3.63, 3.8) is 0 Å². The Balaban J connectivity index is 1.24. The summed E-state index contributed by atoms with van der Waals surface area (Å²) in [5.41, 5.74) is 16.4. The van der Waals surface area contributed by atoms with E-state index in [0.29, 0.717) is 0 Å². The number of hydrogen-bond donors (Lipinski definition) is 0. The highest BCUT2D eigenvalue weighted by molar-refractivity contribution is 7.32. The van der Waals surface area contributed by atoms with Crippen LogP contribution in [-0.2, 0) is 5.41 Å². The number of fused-ring (bicyclic) bond motifs is 15. The lowest BCUT2D eigenvalue weighted by atomic mass is 9.47. The van der Waals surface area contributed by atoms with Crippen molar-refractivity contribution in [2.75, 3.05) is 9.71 Å². The molecule has 0 aliphatic carbocycles. The van der Waals surface area contributed by atoms with Gasteiger partial charge in [-0.1, -0.05) is 124 Å². The SMILES string of the molecule is CC(C)(C)c1ccc2sc3c(c2c1)-n1c2ccccc2c2c4oc5ccccc5c4c4c(c21)B3N(c1ccccc1)c1cc(N(c2ccccc2)c2ccccc2)ccc1-4. The standard InChI is InChI=1S/C54H38BN3OS/c1-54(2,3)33-27-30-45-41(31-33)50-53(60-45)55-49-46(47-40-24-14-16-26-44(40)59-52(47)48-38-23-13-15-25-42(38)57(50)51(48)49)39-29-28-37(32-43(39)58(55)36-21-11-6-12-22-36)56(34-17-7-4-8-18-34)35-19-9-5-10-20-35/h4-32H,1-3H3. The van der Waals surface area contributed by atoms with Crippen LogP contribution in [0.1, 0.15) is 26.3 Å². The van der Waals surface area contributed by atoms with E-state index in [9.17, 15) is 0 Å². The molecule has 11 aromatic rings. The van der Waals surface area contributed by atoms with Crippen molar-refractivity contribution in [2.24, 2.45) is 0 Å². The first-order valence-electron chi connectivity index (χ1n) is 20.8. The summed E-state index contributed by atoms with van der Waals surface area (Å²) in [6.07, 6.45) is 0. The molecule has 0 radical (unpaired) electrons. The summed E-state index contributed by atoms with van der Waals surface area (Å²) in [6, 6.07) is 64.4. The summed E-state index contributed by atoms with van der Waals surface area (Å²) in [5, 5.41) is 6.03. The minimum absolute atomic E-state index is 0.00307.